The Kier molecular flexibility index (Phi) is 6.00. The summed E-state index contributed by atoms with van der Waals surface area (Å²) in [7, 11) is 0. The lowest BCUT2D eigenvalue weighted by Gasteiger charge is -2.40. The van der Waals surface area contributed by atoms with E-state index in [4.69, 9.17) is 0 Å². The third-order valence-corrected chi connectivity index (χ3v) is 5.11. The van der Waals surface area contributed by atoms with E-state index in [9.17, 15) is 18.0 Å². The summed E-state index contributed by atoms with van der Waals surface area (Å²) in [5, 5.41) is 2.87. The summed E-state index contributed by atoms with van der Waals surface area (Å²) in [5.41, 5.74) is 1.12. The standard InChI is InChI=1S/C21H25F3N4O/c1-14(2)16-6-8-17(9-7-16)26-20(29)28-12-11-27(13-15(28)3)19-18(21(22,23)24)5-4-10-25-19/h4-10,14-15H,11-13H2,1-3H3,(H,26,29). The summed E-state index contributed by atoms with van der Waals surface area (Å²) >= 11 is 0. The quantitative estimate of drug-likeness (QED) is 0.783. The number of halogens is 3. The average molecular weight is 406 g/mol. The van der Waals surface area contributed by atoms with Crippen LogP contribution in [0.2, 0.25) is 0 Å². The maximum Gasteiger partial charge on any atom is 0.419 e. The minimum atomic E-state index is -4.47. The van der Waals surface area contributed by atoms with E-state index in [1.54, 1.807) is 9.80 Å². The lowest BCUT2D eigenvalue weighted by atomic mass is 10.0. The van der Waals surface area contributed by atoms with Crippen molar-refractivity contribution in [3.63, 3.8) is 0 Å². The van der Waals surface area contributed by atoms with Crippen LogP contribution in [-0.2, 0) is 6.18 Å². The van der Waals surface area contributed by atoms with Crippen molar-refractivity contribution in [3.8, 4) is 0 Å². The van der Waals surface area contributed by atoms with E-state index in [0.717, 1.165) is 6.07 Å². The van der Waals surface area contributed by atoms with Crippen LogP contribution in [0.1, 0.15) is 37.8 Å². The second-order valence-corrected chi connectivity index (χ2v) is 7.57. The molecule has 2 heterocycles. The number of benzene rings is 1. The Hall–Kier alpha value is -2.77. The number of anilines is 2. The predicted octanol–water partition coefficient (Wildman–Crippen LogP) is 4.97. The van der Waals surface area contributed by atoms with E-state index >= 15 is 0 Å². The topological polar surface area (TPSA) is 48.5 Å². The SMILES string of the molecule is CC(C)c1ccc(NC(=O)N2CCN(c3ncccc3C(F)(F)F)CC2C)cc1. The molecular weight excluding hydrogens is 381 g/mol. The monoisotopic (exact) mass is 406 g/mol. The number of hydrogen-bond donors (Lipinski definition) is 1. The summed E-state index contributed by atoms with van der Waals surface area (Å²) in [5.74, 6) is 0.317. The first-order valence-electron chi connectivity index (χ1n) is 9.61. The molecule has 0 aliphatic carbocycles. The van der Waals surface area contributed by atoms with Crippen LogP contribution in [0.3, 0.4) is 0 Å². The summed E-state index contributed by atoms with van der Waals surface area (Å²) in [6.07, 6.45) is -3.11. The molecule has 1 aliphatic rings. The third kappa shape index (κ3) is 4.81. The molecule has 2 amide bonds. The van der Waals surface area contributed by atoms with Gasteiger partial charge in [-0.1, -0.05) is 26.0 Å². The third-order valence-electron chi connectivity index (χ3n) is 5.11. The van der Waals surface area contributed by atoms with E-state index in [2.05, 4.69) is 24.1 Å². The first kappa shape index (κ1) is 21.0. The number of carbonyl (C=O) groups is 1. The molecule has 1 saturated heterocycles. The molecule has 3 rings (SSSR count). The molecule has 0 bridgehead atoms. The van der Waals surface area contributed by atoms with Gasteiger partial charge in [0, 0.05) is 37.6 Å². The number of nitrogens with one attached hydrogen (secondary N) is 1. The van der Waals surface area contributed by atoms with Crippen LogP contribution < -0.4 is 10.2 Å². The Morgan fingerprint density at radius 1 is 1.17 bits per heavy atom. The number of carbonyl (C=O) groups excluding carboxylic acids is 1. The molecule has 8 heteroatoms. The second kappa shape index (κ2) is 8.31. The lowest BCUT2D eigenvalue weighted by molar-refractivity contribution is -0.137. The van der Waals surface area contributed by atoms with Crippen molar-refractivity contribution in [1.29, 1.82) is 0 Å². The number of alkyl halides is 3. The van der Waals surface area contributed by atoms with Gasteiger partial charge in [0.2, 0.25) is 0 Å². The zero-order valence-electron chi connectivity index (χ0n) is 16.7. The number of aromatic nitrogens is 1. The molecule has 1 aliphatic heterocycles. The highest BCUT2D eigenvalue weighted by Gasteiger charge is 2.37. The Labute approximate surface area is 168 Å². The highest BCUT2D eigenvalue weighted by Crippen LogP contribution is 2.35. The van der Waals surface area contributed by atoms with Gasteiger partial charge in [-0.25, -0.2) is 9.78 Å². The fraction of sp³-hybridized carbons (Fsp3) is 0.429. The molecule has 29 heavy (non-hydrogen) atoms. The van der Waals surface area contributed by atoms with Crippen molar-refractivity contribution >= 4 is 17.5 Å². The summed E-state index contributed by atoms with van der Waals surface area (Å²) in [6, 6.07) is 9.46. The summed E-state index contributed by atoms with van der Waals surface area (Å²) in [4.78, 5) is 19.9. The number of urea groups is 1. The van der Waals surface area contributed by atoms with Gasteiger partial charge in [-0.05, 0) is 42.7 Å². The van der Waals surface area contributed by atoms with Crippen LogP contribution in [0.5, 0.6) is 0 Å². The van der Waals surface area contributed by atoms with Crippen molar-refractivity contribution < 1.29 is 18.0 Å². The minimum absolute atomic E-state index is 0.0869. The molecule has 1 aromatic carbocycles. The number of nitrogens with zero attached hydrogens (tertiary/aromatic N) is 3. The van der Waals surface area contributed by atoms with Crippen LogP contribution in [0.15, 0.2) is 42.6 Å². The zero-order chi connectivity index (χ0) is 21.2. The van der Waals surface area contributed by atoms with Gasteiger partial charge in [-0.15, -0.1) is 0 Å². The van der Waals surface area contributed by atoms with Crippen molar-refractivity contribution in [2.45, 2.75) is 38.9 Å². The van der Waals surface area contributed by atoms with Gasteiger partial charge in [0.25, 0.3) is 0 Å². The fourth-order valence-electron chi connectivity index (χ4n) is 3.47. The van der Waals surface area contributed by atoms with E-state index < -0.39 is 11.7 Å². The Bertz CT molecular complexity index is 852. The van der Waals surface area contributed by atoms with Gasteiger partial charge < -0.3 is 15.1 Å². The first-order valence-corrected chi connectivity index (χ1v) is 9.61. The second-order valence-electron chi connectivity index (χ2n) is 7.57. The Morgan fingerprint density at radius 3 is 2.45 bits per heavy atom. The van der Waals surface area contributed by atoms with Gasteiger partial charge in [-0.2, -0.15) is 13.2 Å². The number of rotatable bonds is 3. The van der Waals surface area contributed by atoms with Gasteiger partial charge >= 0.3 is 12.2 Å². The molecule has 5 nitrogen and oxygen atoms in total. The maximum atomic E-state index is 13.3. The largest absolute Gasteiger partial charge is 0.419 e. The van der Waals surface area contributed by atoms with Crippen LogP contribution in [0, 0.1) is 0 Å². The molecule has 156 valence electrons. The van der Waals surface area contributed by atoms with Crippen molar-refractivity contribution in [1.82, 2.24) is 9.88 Å². The van der Waals surface area contributed by atoms with Crippen molar-refractivity contribution in [2.24, 2.45) is 0 Å². The molecular formula is C21H25F3N4O. The smallest absolute Gasteiger partial charge is 0.352 e. The van der Waals surface area contributed by atoms with Gasteiger partial charge in [0.1, 0.15) is 5.82 Å². The van der Waals surface area contributed by atoms with Crippen molar-refractivity contribution in [2.75, 3.05) is 29.9 Å². The fourth-order valence-corrected chi connectivity index (χ4v) is 3.47. The lowest BCUT2D eigenvalue weighted by Crippen LogP contribution is -2.55. The highest BCUT2D eigenvalue weighted by molar-refractivity contribution is 5.89. The summed E-state index contributed by atoms with van der Waals surface area (Å²) in [6.45, 7) is 6.89. The molecule has 2 aromatic rings. The van der Waals surface area contributed by atoms with E-state index in [1.165, 1.54) is 17.8 Å². The molecule has 0 radical (unpaired) electrons. The number of pyridine rings is 1. The Balaban J connectivity index is 1.67. The predicted molar refractivity (Wildman–Crippen MR) is 107 cm³/mol. The molecule has 1 fully saturated rings. The molecule has 0 saturated carbocycles. The first-order chi connectivity index (χ1) is 13.7. The van der Waals surface area contributed by atoms with Crippen LogP contribution in [-0.4, -0.2) is 41.6 Å². The Morgan fingerprint density at radius 2 is 1.86 bits per heavy atom. The van der Waals surface area contributed by atoms with Crippen LogP contribution >= 0.6 is 0 Å². The molecule has 1 aromatic heterocycles. The highest BCUT2D eigenvalue weighted by atomic mass is 19.4. The molecule has 1 N–H and O–H groups in total. The van der Waals surface area contributed by atoms with Crippen LogP contribution in [0.25, 0.3) is 0 Å². The van der Waals surface area contributed by atoms with Gasteiger partial charge in [-0.3, -0.25) is 0 Å². The molecule has 1 unspecified atom stereocenters. The molecule has 1 atom stereocenters. The van der Waals surface area contributed by atoms with Gasteiger partial charge in [0.05, 0.1) is 5.56 Å². The minimum Gasteiger partial charge on any atom is -0.352 e. The van der Waals surface area contributed by atoms with E-state index in [-0.39, 0.29) is 31.0 Å². The number of piperazine rings is 1. The van der Waals surface area contributed by atoms with Crippen molar-refractivity contribution in [3.05, 3.63) is 53.7 Å². The average Bonchev–Trinajstić information content (AvgIpc) is 2.67. The van der Waals surface area contributed by atoms with E-state index in [0.29, 0.717) is 18.2 Å². The van der Waals surface area contributed by atoms with E-state index in [1.807, 2.05) is 31.2 Å². The zero-order valence-corrected chi connectivity index (χ0v) is 16.7. The summed E-state index contributed by atoms with van der Waals surface area (Å²) < 4.78 is 39.9. The van der Waals surface area contributed by atoms with Crippen LogP contribution in [0.4, 0.5) is 29.5 Å². The number of hydrogen-bond acceptors (Lipinski definition) is 3. The van der Waals surface area contributed by atoms with Gasteiger partial charge in [0.15, 0.2) is 0 Å². The maximum absolute atomic E-state index is 13.3. The number of amides is 2. The molecule has 0 spiro atoms. The normalized spacial score (nSPS) is 17.6.